The van der Waals surface area contributed by atoms with Crippen molar-refractivity contribution in [2.24, 2.45) is 17.8 Å². The Morgan fingerprint density at radius 3 is 2.28 bits per heavy atom. The highest BCUT2D eigenvalue weighted by molar-refractivity contribution is 5.46. The molecule has 3 heteroatoms. The minimum Gasteiger partial charge on any atom is -0.490 e. The van der Waals surface area contributed by atoms with Crippen molar-refractivity contribution in [3.8, 4) is 17.6 Å². The van der Waals surface area contributed by atoms with Crippen LogP contribution in [0.5, 0.6) is 5.75 Å². The van der Waals surface area contributed by atoms with Gasteiger partial charge in [0.25, 0.3) is 0 Å². The third-order valence-electron chi connectivity index (χ3n) is 8.00. The van der Waals surface area contributed by atoms with Crippen molar-refractivity contribution in [1.29, 1.82) is 0 Å². The third kappa shape index (κ3) is 6.88. The Hall–Kier alpha value is -2.86. The van der Waals surface area contributed by atoms with E-state index in [1.165, 1.54) is 50.7 Å². The van der Waals surface area contributed by atoms with E-state index >= 15 is 0 Å². The van der Waals surface area contributed by atoms with Crippen LogP contribution < -0.4 is 4.74 Å². The van der Waals surface area contributed by atoms with Crippen LogP contribution in [0.25, 0.3) is 0 Å². The van der Waals surface area contributed by atoms with E-state index in [0.717, 1.165) is 36.0 Å². The van der Waals surface area contributed by atoms with Crippen molar-refractivity contribution >= 4 is 0 Å². The number of benzene rings is 2. The van der Waals surface area contributed by atoms with Gasteiger partial charge in [0.15, 0.2) is 0 Å². The molecule has 0 aliphatic heterocycles. The van der Waals surface area contributed by atoms with E-state index < -0.39 is 11.6 Å². The second-order valence-electron chi connectivity index (χ2n) is 10.4. The molecule has 2 aliphatic rings. The molecular formula is C33H38F2O. The number of ether oxygens (including phenoxy) is 1. The molecule has 2 fully saturated rings. The molecule has 2 saturated carbocycles. The summed E-state index contributed by atoms with van der Waals surface area (Å²) in [4.78, 5) is 0. The quantitative estimate of drug-likeness (QED) is 0.279. The molecule has 0 bridgehead atoms. The van der Waals surface area contributed by atoms with E-state index in [4.69, 9.17) is 4.74 Å². The Kier molecular flexibility index (Phi) is 9.40. The topological polar surface area (TPSA) is 9.23 Å². The first-order chi connectivity index (χ1) is 17.6. The minimum absolute atomic E-state index is 0.150. The monoisotopic (exact) mass is 488 g/mol. The van der Waals surface area contributed by atoms with Gasteiger partial charge < -0.3 is 4.74 Å². The van der Waals surface area contributed by atoms with Crippen molar-refractivity contribution in [1.82, 2.24) is 0 Å². The number of hydrogen-bond donors (Lipinski definition) is 0. The zero-order chi connectivity index (χ0) is 25.3. The van der Waals surface area contributed by atoms with Gasteiger partial charge in [0.05, 0.1) is 5.56 Å². The fourth-order valence-corrected chi connectivity index (χ4v) is 6.01. The summed E-state index contributed by atoms with van der Waals surface area (Å²) in [5.74, 6) is 7.78. The molecule has 0 heterocycles. The van der Waals surface area contributed by atoms with Crippen LogP contribution >= 0.6 is 0 Å². The molecule has 0 spiro atoms. The largest absolute Gasteiger partial charge is 0.490 e. The number of fused-ring (bicyclic) bond motifs is 1. The Labute approximate surface area is 215 Å². The molecule has 2 aliphatic carbocycles. The summed E-state index contributed by atoms with van der Waals surface area (Å²) in [7, 11) is 0. The summed E-state index contributed by atoms with van der Waals surface area (Å²) in [6.45, 7) is 4.53. The normalized spacial score (nSPS) is 23.9. The maximum Gasteiger partial charge on any atom is 0.142 e. The fourth-order valence-electron chi connectivity index (χ4n) is 6.01. The second kappa shape index (κ2) is 12.9. The van der Waals surface area contributed by atoms with Gasteiger partial charge in [0.1, 0.15) is 24.0 Å². The molecule has 2 aromatic carbocycles. The van der Waals surface area contributed by atoms with Crippen LogP contribution in [0.2, 0.25) is 0 Å². The Bertz CT molecular complexity index is 1100. The van der Waals surface area contributed by atoms with Gasteiger partial charge in [0, 0.05) is 5.56 Å². The average molecular weight is 489 g/mol. The first kappa shape index (κ1) is 26.2. The van der Waals surface area contributed by atoms with Gasteiger partial charge in [-0.15, -0.1) is 0 Å². The predicted octanol–water partition coefficient (Wildman–Crippen LogP) is 8.98. The summed E-state index contributed by atoms with van der Waals surface area (Å²) in [6.07, 6.45) is 17.9. The predicted molar refractivity (Wildman–Crippen MR) is 144 cm³/mol. The van der Waals surface area contributed by atoms with Crippen molar-refractivity contribution in [2.45, 2.75) is 71.1 Å². The summed E-state index contributed by atoms with van der Waals surface area (Å²) in [5, 5.41) is 0. The number of allylic oxidation sites excluding steroid dienone is 3. The Morgan fingerprint density at radius 2 is 1.56 bits per heavy atom. The van der Waals surface area contributed by atoms with Crippen LogP contribution in [0, 0.1) is 41.2 Å². The number of hydrogen-bond acceptors (Lipinski definition) is 1. The van der Waals surface area contributed by atoms with Crippen LogP contribution in [-0.4, -0.2) is 6.61 Å². The maximum atomic E-state index is 15.0. The lowest BCUT2D eigenvalue weighted by Crippen LogP contribution is -2.30. The average Bonchev–Trinajstić information content (AvgIpc) is 2.89. The van der Waals surface area contributed by atoms with Crippen LogP contribution in [0.3, 0.4) is 0 Å². The van der Waals surface area contributed by atoms with Gasteiger partial charge in [-0.05, 0) is 124 Å². The van der Waals surface area contributed by atoms with Gasteiger partial charge in [-0.2, -0.15) is 0 Å². The number of halogens is 2. The molecule has 190 valence electrons. The molecule has 0 amide bonds. The standard InChI is InChI=1S/C33H38F2O/c1-3-5-7-8-25-9-13-27-21-28(15-14-26(27)20-25)29-22-32(34)31(33(35)23-29)18-12-24-10-16-30(17-11-24)36-19-6-4-2/h3-6,10-11,16-17,22-23,25-28H,7-9,13-15,19-21H2,1-2H3/b5-3+,6-4+. The highest BCUT2D eigenvalue weighted by Gasteiger charge is 2.36. The van der Waals surface area contributed by atoms with E-state index in [2.05, 4.69) is 30.9 Å². The van der Waals surface area contributed by atoms with E-state index in [1.807, 2.05) is 31.2 Å². The maximum absolute atomic E-state index is 15.0. The molecule has 0 N–H and O–H groups in total. The summed E-state index contributed by atoms with van der Waals surface area (Å²) in [5.41, 5.74) is 1.34. The highest BCUT2D eigenvalue weighted by Crippen LogP contribution is 2.48. The SMILES string of the molecule is C/C=C/CCC1CCC2CC(c3cc(F)c(C#Cc4ccc(OC/C=C/C)cc4)c(F)c3)CCC2C1. The zero-order valence-corrected chi connectivity index (χ0v) is 21.6. The van der Waals surface area contributed by atoms with E-state index in [9.17, 15) is 8.78 Å². The lowest BCUT2D eigenvalue weighted by atomic mass is 9.63. The minimum atomic E-state index is -0.557. The molecule has 4 atom stereocenters. The molecular weight excluding hydrogens is 450 g/mol. The molecule has 0 radical (unpaired) electrons. The van der Waals surface area contributed by atoms with Crippen molar-refractivity contribution < 1.29 is 13.5 Å². The van der Waals surface area contributed by atoms with Crippen molar-refractivity contribution in [2.75, 3.05) is 6.61 Å². The molecule has 2 aromatic rings. The van der Waals surface area contributed by atoms with Gasteiger partial charge in [-0.1, -0.05) is 42.6 Å². The van der Waals surface area contributed by atoms with Gasteiger partial charge in [-0.25, -0.2) is 8.78 Å². The van der Waals surface area contributed by atoms with Crippen LogP contribution in [0.1, 0.15) is 87.8 Å². The fraction of sp³-hybridized carbons (Fsp3) is 0.455. The summed E-state index contributed by atoms with van der Waals surface area (Å²) < 4.78 is 35.5. The zero-order valence-electron chi connectivity index (χ0n) is 21.6. The first-order valence-electron chi connectivity index (χ1n) is 13.5. The van der Waals surface area contributed by atoms with Crippen molar-refractivity contribution in [3.63, 3.8) is 0 Å². The lowest BCUT2D eigenvalue weighted by molar-refractivity contribution is 0.115. The van der Waals surface area contributed by atoms with Crippen molar-refractivity contribution in [3.05, 3.63) is 89.0 Å². The smallest absolute Gasteiger partial charge is 0.142 e. The first-order valence-corrected chi connectivity index (χ1v) is 13.5. The third-order valence-corrected chi connectivity index (χ3v) is 8.00. The van der Waals surface area contributed by atoms with Crippen LogP contribution in [0.15, 0.2) is 60.7 Å². The van der Waals surface area contributed by atoms with Gasteiger partial charge in [0.2, 0.25) is 0 Å². The van der Waals surface area contributed by atoms with Crippen LogP contribution in [0.4, 0.5) is 8.78 Å². The highest BCUT2D eigenvalue weighted by atomic mass is 19.1. The van der Waals surface area contributed by atoms with E-state index in [0.29, 0.717) is 18.1 Å². The molecule has 0 aromatic heterocycles. The molecule has 4 rings (SSSR count). The van der Waals surface area contributed by atoms with E-state index in [1.54, 1.807) is 12.1 Å². The molecule has 0 saturated heterocycles. The van der Waals surface area contributed by atoms with Gasteiger partial charge in [-0.3, -0.25) is 0 Å². The summed E-state index contributed by atoms with van der Waals surface area (Å²) in [6, 6.07) is 10.3. The number of rotatable bonds is 7. The second-order valence-corrected chi connectivity index (χ2v) is 10.4. The van der Waals surface area contributed by atoms with E-state index in [-0.39, 0.29) is 11.5 Å². The Morgan fingerprint density at radius 1 is 0.861 bits per heavy atom. The molecule has 1 nitrogen and oxygen atoms in total. The Balaban J connectivity index is 1.38. The molecule has 36 heavy (non-hydrogen) atoms. The lowest BCUT2D eigenvalue weighted by Gasteiger charge is -2.42. The molecule has 4 unspecified atom stereocenters. The van der Waals surface area contributed by atoms with Crippen LogP contribution in [-0.2, 0) is 0 Å². The van der Waals surface area contributed by atoms with Gasteiger partial charge >= 0.3 is 0 Å². The summed E-state index contributed by atoms with van der Waals surface area (Å²) >= 11 is 0.